The molecule has 0 bridgehead atoms. The summed E-state index contributed by atoms with van der Waals surface area (Å²) < 4.78 is 0. The largest absolute Gasteiger partial charge is 0.303 e. The van der Waals surface area contributed by atoms with Gasteiger partial charge in [-0.1, -0.05) is 73.8 Å². The van der Waals surface area contributed by atoms with E-state index >= 15 is 0 Å². The molecule has 0 fully saturated rings. The summed E-state index contributed by atoms with van der Waals surface area (Å²) in [6.45, 7) is 2.25. The lowest BCUT2D eigenvalue weighted by Crippen LogP contribution is -2.40. The van der Waals surface area contributed by atoms with Gasteiger partial charge in [-0.15, -0.1) is 0 Å². The Morgan fingerprint density at radius 1 is 1.10 bits per heavy atom. The molecule has 0 spiro atoms. The Morgan fingerprint density at radius 3 is 2.67 bits per heavy atom. The minimum Gasteiger partial charge on any atom is -0.303 e. The standard InChI is InChI=1S/C19H22ClN/c1-2-3-10-15-13-17-16(11-7-12-18(17)20)19(21-15)14-8-5-4-6-9-14/h4-9,11-12,15,19,21H,2-3,10,13H2,1H3/t15-,19-/m1/s1. The first-order chi connectivity index (χ1) is 10.3. The molecule has 2 aromatic carbocycles. The van der Waals surface area contributed by atoms with Gasteiger partial charge in [-0.05, 0) is 35.6 Å². The molecule has 0 aromatic heterocycles. The number of hydrogen-bond donors (Lipinski definition) is 1. The van der Waals surface area contributed by atoms with Crippen molar-refractivity contribution in [3.05, 3.63) is 70.2 Å². The summed E-state index contributed by atoms with van der Waals surface area (Å²) in [6.07, 6.45) is 4.76. The zero-order chi connectivity index (χ0) is 14.7. The van der Waals surface area contributed by atoms with Crippen molar-refractivity contribution in [1.82, 2.24) is 5.32 Å². The predicted molar refractivity (Wildman–Crippen MR) is 89.9 cm³/mol. The van der Waals surface area contributed by atoms with Crippen LogP contribution in [-0.2, 0) is 6.42 Å². The van der Waals surface area contributed by atoms with Crippen LogP contribution in [0.2, 0.25) is 5.02 Å². The van der Waals surface area contributed by atoms with Gasteiger partial charge in [-0.3, -0.25) is 0 Å². The fraction of sp³-hybridized carbons (Fsp3) is 0.368. The molecule has 3 rings (SSSR count). The number of hydrogen-bond acceptors (Lipinski definition) is 1. The van der Waals surface area contributed by atoms with E-state index in [0.29, 0.717) is 6.04 Å². The van der Waals surface area contributed by atoms with Crippen LogP contribution in [0.1, 0.15) is 48.9 Å². The topological polar surface area (TPSA) is 12.0 Å². The van der Waals surface area contributed by atoms with E-state index in [2.05, 4.69) is 54.7 Å². The number of benzene rings is 2. The fourth-order valence-electron chi connectivity index (χ4n) is 3.25. The van der Waals surface area contributed by atoms with E-state index in [1.807, 2.05) is 6.07 Å². The highest BCUT2D eigenvalue weighted by molar-refractivity contribution is 6.31. The van der Waals surface area contributed by atoms with Gasteiger partial charge < -0.3 is 5.32 Å². The predicted octanol–water partition coefficient (Wildman–Crippen LogP) is 5.13. The summed E-state index contributed by atoms with van der Waals surface area (Å²) in [6, 6.07) is 17.7. The van der Waals surface area contributed by atoms with Crippen molar-refractivity contribution in [2.45, 2.75) is 44.7 Å². The lowest BCUT2D eigenvalue weighted by molar-refractivity contribution is 0.405. The molecule has 1 heterocycles. The summed E-state index contributed by atoms with van der Waals surface area (Å²) in [4.78, 5) is 0. The number of halogens is 1. The van der Waals surface area contributed by atoms with Gasteiger partial charge in [0.2, 0.25) is 0 Å². The lowest BCUT2D eigenvalue weighted by atomic mass is 9.85. The van der Waals surface area contributed by atoms with Crippen molar-refractivity contribution in [1.29, 1.82) is 0 Å². The smallest absolute Gasteiger partial charge is 0.0582 e. The number of nitrogens with one attached hydrogen (secondary N) is 1. The molecule has 2 heteroatoms. The lowest BCUT2D eigenvalue weighted by Gasteiger charge is -2.34. The Kier molecular flexibility index (Phi) is 4.62. The van der Waals surface area contributed by atoms with Crippen molar-refractivity contribution in [3.63, 3.8) is 0 Å². The molecule has 110 valence electrons. The molecule has 0 aliphatic carbocycles. The highest BCUT2D eigenvalue weighted by atomic mass is 35.5. The first-order valence-electron chi connectivity index (χ1n) is 7.88. The first kappa shape index (κ1) is 14.6. The Balaban J connectivity index is 1.97. The van der Waals surface area contributed by atoms with E-state index < -0.39 is 0 Å². The maximum absolute atomic E-state index is 6.47. The average Bonchev–Trinajstić information content (AvgIpc) is 2.54. The van der Waals surface area contributed by atoms with Crippen molar-refractivity contribution >= 4 is 11.6 Å². The van der Waals surface area contributed by atoms with Crippen LogP contribution < -0.4 is 5.32 Å². The summed E-state index contributed by atoms with van der Waals surface area (Å²) in [5.74, 6) is 0. The van der Waals surface area contributed by atoms with Crippen LogP contribution in [0.4, 0.5) is 0 Å². The summed E-state index contributed by atoms with van der Waals surface area (Å²) in [7, 11) is 0. The maximum atomic E-state index is 6.47. The number of rotatable bonds is 4. The Labute approximate surface area is 132 Å². The second-order valence-corrected chi connectivity index (χ2v) is 6.27. The molecule has 0 saturated heterocycles. The minimum atomic E-state index is 0.260. The molecular weight excluding hydrogens is 278 g/mol. The van der Waals surface area contributed by atoms with Gasteiger partial charge in [0.15, 0.2) is 0 Å². The van der Waals surface area contributed by atoms with Gasteiger partial charge in [0, 0.05) is 11.1 Å². The summed E-state index contributed by atoms with van der Waals surface area (Å²) in [5, 5.41) is 4.74. The van der Waals surface area contributed by atoms with Crippen LogP contribution in [0.25, 0.3) is 0 Å². The third-order valence-electron chi connectivity index (χ3n) is 4.36. The monoisotopic (exact) mass is 299 g/mol. The van der Waals surface area contributed by atoms with Gasteiger partial charge >= 0.3 is 0 Å². The van der Waals surface area contributed by atoms with Gasteiger partial charge in [-0.25, -0.2) is 0 Å². The van der Waals surface area contributed by atoms with Gasteiger partial charge in [0.05, 0.1) is 6.04 Å². The van der Waals surface area contributed by atoms with E-state index in [4.69, 9.17) is 11.6 Å². The molecule has 0 saturated carbocycles. The molecule has 21 heavy (non-hydrogen) atoms. The highest BCUT2D eigenvalue weighted by Gasteiger charge is 2.28. The van der Waals surface area contributed by atoms with Crippen molar-refractivity contribution < 1.29 is 0 Å². The third kappa shape index (κ3) is 3.14. The van der Waals surface area contributed by atoms with E-state index in [1.54, 1.807) is 0 Å². The van der Waals surface area contributed by atoms with Crippen LogP contribution in [0.3, 0.4) is 0 Å². The van der Waals surface area contributed by atoms with Crippen LogP contribution in [0, 0.1) is 0 Å². The van der Waals surface area contributed by atoms with Gasteiger partial charge in [-0.2, -0.15) is 0 Å². The molecular formula is C19H22ClN. The molecule has 2 aromatic rings. The van der Waals surface area contributed by atoms with E-state index in [9.17, 15) is 0 Å². The minimum absolute atomic E-state index is 0.260. The van der Waals surface area contributed by atoms with Gasteiger partial charge in [0.1, 0.15) is 0 Å². The fourth-order valence-corrected chi connectivity index (χ4v) is 3.51. The molecule has 1 aliphatic rings. The van der Waals surface area contributed by atoms with Crippen LogP contribution in [-0.4, -0.2) is 6.04 Å². The second-order valence-electron chi connectivity index (χ2n) is 5.86. The summed E-state index contributed by atoms with van der Waals surface area (Å²) in [5.41, 5.74) is 3.98. The van der Waals surface area contributed by atoms with Gasteiger partial charge in [0.25, 0.3) is 0 Å². The molecule has 1 aliphatic heterocycles. The Bertz CT molecular complexity index is 594. The average molecular weight is 300 g/mol. The van der Waals surface area contributed by atoms with E-state index in [-0.39, 0.29) is 6.04 Å². The maximum Gasteiger partial charge on any atom is 0.0582 e. The second kappa shape index (κ2) is 6.64. The SMILES string of the molecule is CCCC[C@@H]1Cc2c(Cl)cccc2[C@@H](c2ccccc2)N1. The highest BCUT2D eigenvalue weighted by Crippen LogP contribution is 2.35. The molecule has 1 nitrogen and oxygen atoms in total. The molecule has 1 N–H and O–H groups in total. The zero-order valence-electron chi connectivity index (χ0n) is 12.5. The van der Waals surface area contributed by atoms with Crippen LogP contribution in [0.5, 0.6) is 0 Å². The molecule has 0 radical (unpaired) electrons. The Hall–Kier alpha value is -1.31. The van der Waals surface area contributed by atoms with Crippen LogP contribution in [0.15, 0.2) is 48.5 Å². The van der Waals surface area contributed by atoms with Crippen molar-refractivity contribution in [2.24, 2.45) is 0 Å². The number of fused-ring (bicyclic) bond motifs is 1. The normalized spacial score (nSPS) is 21.0. The van der Waals surface area contributed by atoms with Crippen molar-refractivity contribution in [2.75, 3.05) is 0 Å². The van der Waals surface area contributed by atoms with E-state index in [1.165, 1.54) is 36.0 Å². The van der Waals surface area contributed by atoms with Crippen molar-refractivity contribution in [3.8, 4) is 0 Å². The first-order valence-corrected chi connectivity index (χ1v) is 8.25. The summed E-state index contributed by atoms with van der Waals surface area (Å²) >= 11 is 6.47. The van der Waals surface area contributed by atoms with Crippen LogP contribution >= 0.6 is 11.6 Å². The third-order valence-corrected chi connectivity index (χ3v) is 4.71. The molecule has 0 amide bonds. The molecule has 0 unspecified atom stereocenters. The quantitative estimate of drug-likeness (QED) is 0.825. The zero-order valence-corrected chi connectivity index (χ0v) is 13.2. The van der Waals surface area contributed by atoms with E-state index in [0.717, 1.165) is 11.4 Å². The molecule has 2 atom stereocenters. The Morgan fingerprint density at radius 2 is 1.90 bits per heavy atom. The number of unbranched alkanes of at least 4 members (excludes halogenated alkanes) is 1.